The monoisotopic (exact) mass is 756 g/mol. The van der Waals surface area contributed by atoms with Gasteiger partial charge in [0, 0.05) is 39.2 Å². The van der Waals surface area contributed by atoms with Crippen LogP contribution in [0.1, 0.15) is 69.8 Å². The molecule has 268 valence electrons. The summed E-state index contributed by atoms with van der Waals surface area (Å²) in [7, 11) is 4.54. The molecule has 4 saturated heterocycles. The first kappa shape index (κ1) is 32.2. The highest BCUT2D eigenvalue weighted by Crippen LogP contribution is 2.57. The summed E-state index contributed by atoms with van der Waals surface area (Å²) in [6.07, 6.45) is 17.7. The van der Waals surface area contributed by atoms with Gasteiger partial charge in [0.2, 0.25) is 11.4 Å². The van der Waals surface area contributed by atoms with Gasteiger partial charge >= 0.3 is 0 Å². The molecule has 4 aromatic rings. The van der Waals surface area contributed by atoms with Crippen LogP contribution in [0.25, 0.3) is 21.5 Å². The molecule has 8 bridgehead atoms. The Morgan fingerprint density at radius 2 is 1.08 bits per heavy atom. The molecule has 6 heterocycles. The third kappa shape index (κ3) is 4.80. The lowest BCUT2D eigenvalue weighted by Crippen LogP contribution is -2.59. The Bertz CT molecular complexity index is 2160. The molecule has 4 aromatic carbocycles. The molecule has 52 heavy (non-hydrogen) atoms. The first-order valence-electron chi connectivity index (χ1n) is 19.9. The number of hydrogen-bond donors (Lipinski definition) is 0. The Kier molecular flexibility index (Phi) is 7.19. The second-order valence-electron chi connectivity index (χ2n) is 17.9. The van der Waals surface area contributed by atoms with E-state index in [0.29, 0.717) is 23.9 Å². The first-order chi connectivity index (χ1) is 25.2. The molecule has 4 saturated carbocycles. The van der Waals surface area contributed by atoms with Crippen molar-refractivity contribution in [3.8, 4) is 11.5 Å². The van der Waals surface area contributed by atoms with E-state index in [1.165, 1.54) is 91.3 Å². The summed E-state index contributed by atoms with van der Waals surface area (Å²) in [6, 6.07) is 22.8. The maximum atomic E-state index is 6.86. The number of aliphatic imine (C=N–C) groups is 2. The Hall–Kier alpha value is -3.26. The largest absolute Gasteiger partial charge is 0.465 e. The Morgan fingerprint density at radius 1 is 0.577 bits per heavy atom. The quantitative estimate of drug-likeness (QED) is 0.179. The fourth-order valence-corrected chi connectivity index (χ4v) is 13.0. The van der Waals surface area contributed by atoms with Gasteiger partial charge < -0.3 is 9.47 Å². The minimum atomic E-state index is -0.357. The van der Waals surface area contributed by atoms with Gasteiger partial charge in [-0.3, -0.25) is 19.8 Å². The highest BCUT2D eigenvalue weighted by Gasteiger charge is 2.58. The molecule has 0 N–H and O–H groups in total. The molecule has 8 fully saturated rings. The van der Waals surface area contributed by atoms with Crippen molar-refractivity contribution in [3.05, 3.63) is 70.7 Å². The van der Waals surface area contributed by atoms with Crippen molar-refractivity contribution in [2.45, 2.75) is 94.7 Å². The number of hydrogen-bond acceptors (Lipinski definition) is 6. The molecule has 6 unspecified atom stereocenters. The van der Waals surface area contributed by atoms with Crippen molar-refractivity contribution in [3.63, 3.8) is 0 Å². The lowest BCUT2D eigenvalue weighted by atomic mass is 9.67. The Morgan fingerprint density at radius 3 is 1.63 bits per heavy atom. The maximum Gasteiger partial charge on any atom is 0.202 e. The number of halogens is 1. The lowest BCUT2D eigenvalue weighted by molar-refractivity contribution is -0.0624. The SMILES string of the molecule is CN1C2CC3CC(C2)CC(C3)C12C=Nc1c(ccc3cc(Br)ccc13)O2.Cc1ccc2ccc3c(c2c1)N=CC1(O3)C2CC3CC(CC(C3)N1C)C2. The smallest absolute Gasteiger partial charge is 0.202 e. The molecule has 10 aliphatic rings. The highest BCUT2D eigenvalue weighted by atomic mass is 79.9. The zero-order valence-corrected chi connectivity index (χ0v) is 32.2. The normalized spacial score (nSPS) is 37.8. The van der Waals surface area contributed by atoms with E-state index >= 15 is 0 Å². The summed E-state index contributed by atoms with van der Waals surface area (Å²) in [4.78, 5) is 15.1. The molecule has 2 spiro atoms. The van der Waals surface area contributed by atoms with Gasteiger partial charge in [-0.1, -0.05) is 51.8 Å². The van der Waals surface area contributed by atoms with Gasteiger partial charge in [0.25, 0.3) is 0 Å². The van der Waals surface area contributed by atoms with Gasteiger partial charge in [0.15, 0.2) is 0 Å². The Balaban J connectivity index is 0.000000123. The van der Waals surface area contributed by atoms with Crippen LogP contribution in [0.4, 0.5) is 11.4 Å². The summed E-state index contributed by atoms with van der Waals surface area (Å²) < 4.78 is 14.8. The highest BCUT2D eigenvalue weighted by molar-refractivity contribution is 9.10. The topological polar surface area (TPSA) is 49.7 Å². The Labute approximate surface area is 315 Å². The third-order valence-electron chi connectivity index (χ3n) is 14.9. The molecule has 7 heteroatoms. The fraction of sp³-hybridized carbons (Fsp3) is 0.511. The van der Waals surface area contributed by atoms with Crippen LogP contribution >= 0.6 is 15.9 Å². The zero-order valence-electron chi connectivity index (χ0n) is 30.6. The van der Waals surface area contributed by atoms with Crippen LogP contribution in [-0.4, -0.2) is 59.9 Å². The van der Waals surface area contributed by atoms with Crippen molar-refractivity contribution in [2.24, 2.45) is 45.5 Å². The van der Waals surface area contributed by atoms with Gasteiger partial charge in [-0.05, 0) is 150 Å². The minimum absolute atomic E-state index is 0.348. The maximum absolute atomic E-state index is 6.86. The van der Waals surface area contributed by atoms with Crippen LogP contribution in [0, 0.1) is 42.4 Å². The number of nitrogens with zero attached hydrogens (tertiary/aromatic N) is 4. The zero-order chi connectivity index (χ0) is 34.9. The van der Waals surface area contributed by atoms with Crippen LogP contribution in [0.15, 0.2) is 75.1 Å². The first-order valence-corrected chi connectivity index (χ1v) is 20.7. The molecular formula is C45H49BrN4O2. The van der Waals surface area contributed by atoms with Gasteiger partial charge in [-0.25, -0.2) is 0 Å². The van der Waals surface area contributed by atoms with E-state index in [2.05, 4.69) is 120 Å². The van der Waals surface area contributed by atoms with E-state index in [4.69, 9.17) is 19.5 Å². The van der Waals surface area contributed by atoms with E-state index in [0.717, 1.165) is 51.0 Å². The van der Waals surface area contributed by atoms with E-state index in [1.54, 1.807) is 0 Å². The van der Waals surface area contributed by atoms with Crippen LogP contribution in [-0.2, 0) is 0 Å². The van der Waals surface area contributed by atoms with Gasteiger partial charge in [0.1, 0.15) is 22.9 Å². The van der Waals surface area contributed by atoms with Gasteiger partial charge in [-0.15, -0.1) is 0 Å². The standard InChI is InChI=1S/C23H26N2O.C22H23BrN2O/c1-14-3-4-17-5-6-21-22(20(17)7-14)24-13-23(26-21)18-9-15-8-16(10-18)12-19(11-15)25(23)2;1-25-18-9-13-6-14(10-18)8-16(7-13)22(25)12-24-21-19-4-3-17(23)11-15(19)2-5-20(21)26-22/h3-7,13,15-16,18-19H,8-12H2,1-2H3;2-5,11-14,16,18H,6-10H2,1H3. The van der Waals surface area contributed by atoms with Crippen molar-refractivity contribution < 1.29 is 9.47 Å². The number of fused-ring (bicyclic) bond motifs is 6. The number of aryl methyl sites for hydroxylation is 1. The fourth-order valence-electron chi connectivity index (χ4n) is 12.6. The molecule has 6 atom stereocenters. The summed E-state index contributed by atoms with van der Waals surface area (Å²) in [5, 5.41) is 4.80. The van der Waals surface area contributed by atoms with Crippen LogP contribution in [0.2, 0.25) is 0 Å². The second kappa shape index (κ2) is 11.6. The number of benzene rings is 4. The number of rotatable bonds is 0. The van der Waals surface area contributed by atoms with Crippen LogP contribution < -0.4 is 9.47 Å². The average Bonchev–Trinajstić information content (AvgIpc) is 3.34. The molecular weight excluding hydrogens is 708 g/mol. The van der Waals surface area contributed by atoms with Crippen LogP contribution in [0.3, 0.4) is 0 Å². The van der Waals surface area contributed by atoms with E-state index < -0.39 is 0 Å². The molecule has 4 aliphatic carbocycles. The van der Waals surface area contributed by atoms with Gasteiger partial charge in [0.05, 0.1) is 12.4 Å². The van der Waals surface area contributed by atoms with Crippen molar-refractivity contribution in [1.82, 2.24) is 9.80 Å². The van der Waals surface area contributed by atoms with Crippen molar-refractivity contribution in [2.75, 3.05) is 14.1 Å². The summed E-state index contributed by atoms with van der Waals surface area (Å²) in [5.74, 6) is 6.55. The molecule has 14 rings (SSSR count). The minimum Gasteiger partial charge on any atom is -0.465 e. The molecule has 0 radical (unpaired) electrons. The lowest BCUT2D eigenvalue weighted by Gasteiger charge is -2.45. The van der Waals surface area contributed by atoms with E-state index in [9.17, 15) is 0 Å². The second-order valence-corrected chi connectivity index (χ2v) is 18.8. The van der Waals surface area contributed by atoms with Gasteiger partial charge in [-0.2, -0.15) is 0 Å². The van der Waals surface area contributed by atoms with E-state index in [-0.39, 0.29) is 11.4 Å². The number of ether oxygens (including phenoxy) is 2. The summed E-state index contributed by atoms with van der Waals surface area (Å²) >= 11 is 3.57. The van der Waals surface area contributed by atoms with Crippen LogP contribution in [0.5, 0.6) is 11.5 Å². The summed E-state index contributed by atoms with van der Waals surface area (Å²) in [5.41, 5.74) is 2.56. The van der Waals surface area contributed by atoms with E-state index in [1.807, 2.05) is 0 Å². The predicted molar refractivity (Wildman–Crippen MR) is 214 cm³/mol. The van der Waals surface area contributed by atoms with Crippen molar-refractivity contribution in [1.29, 1.82) is 0 Å². The average molecular weight is 758 g/mol. The molecule has 6 nitrogen and oxygen atoms in total. The van der Waals surface area contributed by atoms with Crippen molar-refractivity contribution >= 4 is 61.3 Å². The molecule has 0 amide bonds. The third-order valence-corrected chi connectivity index (χ3v) is 15.4. The molecule has 0 aromatic heterocycles. The predicted octanol–water partition coefficient (Wildman–Crippen LogP) is 10.6. The molecule has 6 aliphatic heterocycles. The summed E-state index contributed by atoms with van der Waals surface area (Å²) in [6.45, 7) is 2.14.